The highest BCUT2D eigenvalue weighted by atomic mass is 79.9. The van der Waals surface area contributed by atoms with Crippen LogP contribution in [-0.2, 0) is 0 Å². The minimum Gasteiger partial charge on any atom is -0.346 e. The second kappa shape index (κ2) is 5.82. The summed E-state index contributed by atoms with van der Waals surface area (Å²) in [6, 6.07) is 5.10. The van der Waals surface area contributed by atoms with Crippen LogP contribution < -0.4 is 5.32 Å². The molecule has 2 nitrogen and oxygen atoms in total. The number of benzene rings is 1. The molecule has 1 N–H and O–H groups in total. The van der Waals surface area contributed by atoms with E-state index in [2.05, 4.69) is 15.9 Å². The number of carbonyl (C=O) groups excluding carboxylic acids is 1. The first kappa shape index (κ1) is 17.7. The minimum absolute atomic E-state index is 0.163. The fourth-order valence-corrected chi connectivity index (χ4v) is 1.48. The molecule has 0 saturated carbocycles. The van der Waals surface area contributed by atoms with Crippen molar-refractivity contribution in [1.82, 2.24) is 5.32 Å². The van der Waals surface area contributed by atoms with Gasteiger partial charge in [-0.1, -0.05) is 15.9 Å². The Hall–Kier alpha value is -1.32. The molecule has 1 aromatic carbocycles. The molecular formula is C11H7BrF7NO. The van der Waals surface area contributed by atoms with E-state index >= 15 is 0 Å². The number of rotatable bonds is 4. The van der Waals surface area contributed by atoms with Crippen molar-refractivity contribution in [3.05, 3.63) is 34.3 Å². The Morgan fingerprint density at radius 3 is 1.90 bits per heavy atom. The van der Waals surface area contributed by atoms with Crippen molar-refractivity contribution in [1.29, 1.82) is 0 Å². The van der Waals surface area contributed by atoms with Crippen LogP contribution in [0.5, 0.6) is 0 Å². The van der Waals surface area contributed by atoms with Gasteiger partial charge in [-0.25, -0.2) is 0 Å². The Labute approximate surface area is 122 Å². The van der Waals surface area contributed by atoms with E-state index in [1.54, 1.807) is 0 Å². The van der Waals surface area contributed by atoms with Crippen LogP contribution >= 0.6 is 15.9 Å². The van der Waals surface area contributed by atoms with Crippen LogP contribution in [0.15, 0.2) is 28.7 Å². The van der Waals surface area contributed by atoms with Gasteiger partial charge in [0.15, 0.2) is 0 Å². The molecule has 10 heteroatoms. The van der Waals surface area contributed by atoms with Crippen molar-refractivity contribution < 1.29 is 35.5 Å². The molecule has 0 aromatic heterocycles. The molecule has 0 saturated heterocycles. The van der Waals surface area contributed by atoms with E-state index in [1.165, 1.54) is 29.6 Å². The van der Waals surface area contributed by atoms with Crippen molar-refractivity contribution in [2.75, 3.05) is 6.54 Å². The second-order valence-corrected chi connectivity index (χ2v) is 4.88. The van der Waals surface area contributed by atoms with Gasteiger partial charge >= 0.3 is 18.0 Å². The van der Waals surface area contributed by atoms with Crippen molar-refractivity contribution in [2.45, 2.75) is 18.0 Å². The molecule has 0 heterocycles. The van der Waals surface area contributed by atoms with Gasteiger partial charge in [0, 0.05) is 10.0 Å². The van der Waals surface area contributed by atoms with Gasteiger partial charge in [-0.15, -0.1) is 0 Å². The molecule has 1 rings (SSSR count). The number of hydrogen-bond acceptors (Lipinski definition) is 1. The van der Waals surface area contributed by atoms with Gasteiger partial charge in [0.1, 0.15) is 0 Å². The quantitative estimate of drug-likeness (QED) is 0.784. The van der Waals surface area contributed by atoms with E-state index in [1.807, 2.05) is 0 Å². The van der Waals surface area contributed by atoms with E-state index in [0.29, 0.717) is 4.47 Å². The van der Waals surface area contributed by atoms with E-state index in [4.69, 9.17) is 0 Å². The van der Waals surface area contributed by atoms with Gasteiger partial charge in [0.2, 0.25) is 0 Å². The summed E-state index contributed by atoms with van der Waals surface area (Å²) in [7, 11) is 0. The Morgan fingerprint density at radius 2 is 1.48 bits per heavy atom. The average Bonchev–Trinajstić information content (AvgIpc) is 2.35. The average molecular weight is 382 g/mol. The van der Waals surface area contributed by atoms with Crippen LogP contribution in [0.3, 0.4) is 0 Å². The third kappa shape index (κ3) is 3.86. The highest BCUT2D eigenvalue weighted by Crippen LogP contribution is 2.46. The summed E-state index contributed by atoms with van der Waals surface area (Å²) in [5.41, 5.74) is -0.163. The lowest BCUT2D eigenvalue weighted by molar-refractivity contribution is -0.352. The van der Waals surface area contributed by atoms with Crippen molar-refractivity contribution in [2.24, 2.45) is 0 Å². The molecule has 0 atom stereocenters. The van der Waals surface area contributed by atoms with Crippen LogP contribution in [0.25, 0.3) is 0 Å². The molecule has 0 aliphatic heterocycles. The molecule has 0 bridgehead atoms. The van der Waals surface area contributed by atoms with Gasteiger partial charge < -0.3 is 5.32 Å². The summed E-state index contributed by atoms with van der Waals surface area (Å²) in [6.45, 7) is -2.14. The van der Waals surface area contributed by atoms with E-state index in [0.717, 1.165) is 0 Å². The Morgan fingerprint density at radius 1 is 1.00 bits per heavy atom. The number of halogens is 8. The highest BCUT2D eigenvalue weighted by Gasteiger charge is 2.72. The van der Waals surface area contributed by atoms with Gasteiger partial charge in [-0.05, 0) is 24.3 Å². The molecule has 21 heavy (non-hydrogen) atoms. The van der Waals surface area contributed by atoms with Crippen molar-refractivity contribution in [3.8, 4) is 0 Å². The van der Waals surface area contributed by atoms with Gasteiger partial charge in [0.05, 0.1) is 6.54 Å². The summed E-state index contributed by atoms with van der Waals surface area (Å²) >= 11 is 3.04. The van der Waals surface area contributed by atoms with E-state index in [9.17, 15) is 35.5 Å². The van der Waals surface area contributed by atoms with Gasteiger partial charge in [-0.2, -0.15) is 30.7 Å². The first-order valence-electron chi connectivity index (χ1n) is 5.24. The standard InChI is InChI=1S/C11H7BrF7NO/c12-7-3-1-6(2-4-7)8(21)20-5-9(13,14)10(15,16)11(17,18)19/h1-4H,5H2,(H,20,21). The van der Waals surface area contributed by atoms with Crippen LogP contribution in [0.4, 0.5) is 30.7 Å². The van der Waals surface area contributed by atoms with Gasteiger partial charge in [0.25, 0.3) is 5.91 Å². The molecule has 0 fully saturated rings. The summed E-state index contributed by atoms with van der Waals surface area (Å²) in [5.74, 6) is -12.9. The van der Waals surface area contributed by atoms with Crippen molar-refractivity contribution >= 4 is 21.8 Å². The lowest BCUT2D eigenvalue weighted by Crippen LogP contribution is -2.56. The maximum atomic E-state index is 12.9. The predicted molar refractivity (Wildman–Crippen MR) is 62.4 cm³/mol. The number of amides is 1. The van der Waals surface area contributed by atoms with E-state index in [-0.39, 0.29) is 5.56 Å². The molecule has 0 radical (unpaired) electrons. The smallest absolute Gasteiger partial charge is 0.346 e. The first-order valence-corrected chi connectivity index (χ1v) is 6.04. The van der Waals surface area contributed by atoms with Gasteiger partial charge in [-0.3, -0.25) is 4.79 Å². The number of carbonyl (C=O) groups is 1. The zero-order chi connectivity index (χ0) is 16.5. The normalized spacial score (nSPS) is 13.1. The molecular weight excluding hydrogens is 375 g/mol. The molecule has 0 spiro atoms. The van der Waals surface area contributed by atoms with Crippen LogP contribution in [0, 0.1) is 0 Å². The fourth-order valence-electron chi connectivity index (χ4n) is 1.21. The predicted octanol–water partition coefficient (Wildman–Crippen LogP) is 4.01. The summed E-state index contributed by atoms with van der Waals surface area (Å²) in [5, 5.41) is 1.35. The Balaban J connectivity index is 2.78. The zero-order valence-corrected chi connectivity index (χ0v) is 11.5. The molecule has 1 amide bonds. The number of hydrogen-bond donors (Lipinski definition) is 1. The SMILES string of the molecule is O=C(NCC(F)(F)C(F)(F)C(F)(F)F)c1ccc(Br)cc1. The number of alkyl halides is 7. The lowest BCUT2D eigenvalue weighted by Gasteiger charge is -2.28. The second-order valence-electron chi connectivity index (χ2n) is 3.97. The molecule has 1 aromatic rings. The maximum Gasteiger partial charge on any atom is 0.459 e. The lowest BCUT2D eigenvalue weighted by atomic mass is 10.1. The monoisotopic (exact) mass is 381 g/mol. The highest BCUT2D eigenvalue weighted by molar-refractivity contribution is 9.10. The van der Waals surface area contributed by atoms with E-state index < -0.39 is 30.5 Å². The molecule has 0 unspecified atom stereocenters. The minimum atomic E-state index is -6.42. The van der Waals surface area contributed by atoms with Crippen LogP contribution in [-0.4, -0.2) is 30.5 Å². The summed E-state index contributed by atoms with van der Waals surface area (Å²) in [4.78, 5) is 11.4. The topological polar surface area (TPSA) is 29.1 Å². The zero-order valence-electron chi connectivity index (χ0n) is 9.95. The summed E-state index contributed by atoms with van der Waals surface area (Å²) in [6.07, 6.45) is -6.42. The van der Waals surface area contributed by atoms with Crippen molar-refractivity contribution in [3.63, 3.8) is 0 Å². The number of nitrogens with one attached hydrogen (secondary N) is 1. The van der Waals surface area contributed by atoms with Crippen LogP contribution in [0.2, 0.25) is 0 Å². The largest absolute Gasteiger partial charge is 0.459 e. The maximum absolute atomic E-state index is 12.9. The molecule has 118 valence electrons. The Bertz CT molecular complexity index is 512. The first-order chi connectivity index (χ1) is 9.38. The third-order valence-corrected chi connectivity index (χ3v) is 2.92. The Kier molecular flexibility index (Phi) is 4.91. The molecule has 0 aliphatic carbocycles. The van der Waals surface area contributed by atoms with Crippen LogP contribution in [0.1, 0.15) is 10.4 Å². The fraction of sp³-hybridized carbons (Fsp3) is 0.364. The third-order valence-electron chi connectivity index (χ3n) is 2.39. The molecule has 0 aliphatic rings. The summed E-state index contributed by atoms with van der Waals surface area (Å²) < 4.78 is 87.2.